The zero-order chi connectivity index (χ0) is 20.4. The Labute approximate surface area is 172 Å². The number of aromatic nitrogens is 1. The number of guanidine groups is 1. The normalized spacial score (nSPS) is 18.4. The van der Waals surface area contributed by atoms with Gasteiger partial charge in [-0.1, -0.05) is 13.8 Å². The van der Waals surface area contributed by atoms with Crippen molar-refractivity contribution in [2.75, 3.05) is 32.0 Å². The minimum absolute atomic E-state index is 0.00982. The predicted octanol–water partition coefficient (Wildman–Crippen LogP) is 1.81. The lowest BCUT2D eigenvalue weighted by Gasteiger charge is -2.22. The van der Waals surface area contributed by atoms with E-state index in [1.165, 1.54) is 0 Å². The van der Waals surface area contributed by atoms with Crippen LogP contribution in [0.1, 0.15) is 56.7 Å². The number of ether oxygens (including phenoxy) is 1. The summed E-state index contributed by atoms with van der Waals surface area (Å²) in [5.74, 6) is 0.977. The third-order valence-electron chi connectivity index (χ3n) is 4.35. The van der Waals surface area contributed by atoms with Crippen LogP contribution in [0.25, 0.3) is 0 Å². The van der Waals surface area contributed by atoms with Gasteiger partial charge in [0, 0.05) is 31.6 Å². The number of thiazole rings is 1. The van der Waals surface area contributed by atoms with Crippen molar-refractivity contribution in [2.45, 2.75) is 58.6 Å². The molecule has 1 atom stereocenters. The summed E-state index contributed by atoms with van der Waals surface area (Å²) in [5.41, 5.74) is 1.08. The Hall–Kier alpha value is -1.23. The lowest BCUT2D eigenvalue weighted by atomic mass is 10.1. The quantitative estimate of drug-likeness (QED) is 0.385. The molecule has 2 rings (SSSR count). The van der Waals surface area contributed by atoms with Gasteiger partial charge in [0.25, 0.3) is 0 Å². The highest BCUT2D eigenvalue weighted by molar-refractivity contribution is 7.89. The van der Waals surface area contributed by atoms with Crippen molar-refractivity contribution in [3.8, 4) is 0 Å². The molecular weight excluding hydrogens is 398 g/mol. The maximum absolute atomic E-state index is 12.2. The van der Waals surface area contributed by atoms with Crippen LogP contribution in [0.3, 0.4) is 0 Å². The van der Waals surface area contributed by atoms with E-state index in [1.807, 2.05) is 6.92 Å². The van der Waals surface area contributed by atoms with Gasteiger partial charge < -0.3 is 15.4 Å². The molecule has 0 bridgehead atoms. The van der Waals surface area contributed by atoms with E-state index < -0.39 is 10.0 Å². The van der Waals surface area contributed by atoms with Crippen LogP contribution in [0, 0.1) is 0 Å². The second kappa shape index (κ2) is 11.7. The van der Waals surface area contributed by atoms with Gasteiger partial charge in [0.1, 0.15) is 5.01 Å². The molecule has 1 saturated heterocycles. The Bertz CT molecular complexity index is 713. The van der Waals surface area contributed by atoms with E-state index in [0.29, 0.717) is 38.1 Å². The van der Waals surface area contributed by atoms with E-state index >= 15 is 0 Å². The van der Waals surface area contributed by atoms with Crippen LogP contribution in [0.15, 0.2) is 10.4 Å². The SMILES string of the molecule is CCNC(=NCc1nc(C(C)C)cs1)NCCS(=O)(=O)NCC1CCCCO1. The van der Waals surface area contributed by atoms with Gasteiger partial charge in [-0.25, -0.2) is 23.1 Å². The lowest BCUT2D eigenvalue weighted by Crippen LogP contribution is -2.42. The third kappa shape index (κ3) is 8.42. The van der Waals surface area contributed by atoms with E-state index in [-0.39, 0.29) is 18.4 Å². The molecule has 1 unspecified atom stereocenters. The molecule has 28 heavy (non-hydrogen) atoms. The Balaban J connectivity index is 1.77. The number of nitrogens with one attached hydrogen (secondary N) is 3. The number of hydrogen-bond acceptors (Lipinski definition) is 6. The summed E-state index contributed by atoms with van der Waals surface area (Å²) in [6.45, 7) is 8.71. The molecule has 0 radical (unpaired) electrons. The van der Waals surface area contributed by atoms with Gasteiger partial charge in [0.15, 0.2) is 5.96 Å². The first kappa shape index (κ1) is 23.1. The topological polar surface area (TPSA) is 105 Å². The highest BCUT2D eigenvalue weighted by Gasteiger charge is 2.17. The third-order valence-corrected chi connectivity index (χ3v) is 6.55. The molecule has 3 N–H and O–H groups in total. The molecule has 0 spiro atoms. The Kier molecular flexibility index (Phi) is 9.63. The van der Waals surface area contributed by atoms with E-state index in [9.17, 15) is 8.42 Å². The van der Waals surface area contributed by atoms with Crippen molar-refractivity contribution in [1.29, 1.82) is 0 Å². The molecule has 1 fully saturated rings. The maximum atomic E-state index is 12.2. The molecule has 1 aromatic rings. The van der Waals surface area contributed by atoms with Gasteiger partial charge in [-0.3, -0.25) is 0 Å². The van der Waals surface area contributed by atoms with Crippen LogP contribution < -0.4 is 15.4 Å². The molecule has 1 aliphatic rings. The highest BCUT2D eigenvalue weighted by Crippen LogP contribution is 2.18. The summed E-state index contributed by atoms with van der Waals surface area (Å²) in [6.07, 6.45) is 3.05. The molecule has 160 valence electrons. The second-order valence-electron chi connectivity index (χ2n) is 7.10. The fourth-order valence-corrected chi connectivity index (χ4v) is 4.55. The van der Waals surface area contributed by atoms with Gasteiger partial charge in [-0.2, -0.15) is 0 Å². The van der Waals surface area contributed by atoms with E-state index in [2.05, 4.69) is 44.6 Å². The summed E-state index contributed by atoms with van der Waals surface area (Å²) in [4.78, 5) is 9.07. The fraction of sp³-hybridized carbons (Fsp3) is 0.778. The number of rotatable bonds is 10. The number of sulfonamides is 1. The molecule has 2 heterocycles. The molecule has 0 aliphatic carbocycles. The molecular formula is C18H33N5O3S2. The summed E-state index contributed by atoms with van der Waals surface area (Å²) < 4.78 is 32.6. The first-order chi connectivity index (χ1) is 13.4. The zero-order valence-corrected chi connectivity index (χ0v) is 18.7. The second-order valence-corrected chi connectivity index (χ2v) is 9.97. The monoisotopic (exact) mass is 431 g/mol. The minimum atomic E-state index is -3.35. The fourth-order valence-electron chi connectivity index (χ4n) is 2.72. The molecule has 0 saturated carbocycles. The average molecular weight is 432 g/mol. The van der Waals surface area contributed by atoms with Crippen molar-refractivity contribution in [3.05, 3.63) is 16.1 Å². The maximum Gasteiger partial charge on any atom is 0.213 e. The molecule has 1 aromatic heterocycles. The first-order valence-corrected chi connectivity index (χ1v) is 12.5. The Morgan fingerprint density at radius 3 is 2.86 bits per heavy atom. The van der Waals surface area contributed by atoms with Crippen LogP contribution >= 0.6 is 11.3 Å². The lowest BCUT2D eigenvalue weighted by molar-refractivity contribution is 0.0200. The number of aliphatic imine (C=N–C) groups is 1. The van der Waals surface area contributed by atoms with Crippen molar-refractivity contribution < 1.29 is 13.2 Å². The van der Waals surface area contributed by atoms with Crippen molar-refractivity contribution in [2.24, 2.45) is 4.99 Å². The molecule has 8 nitrogen and oxygen atoms in total. The highest BCUT2D eigenvalue weighted by atomic mass is 32.2. The number of nitrogens with zero attached hydrogens (tertiary/aromatic N) is 2. The Morgan fingerprint density at radius 2 is 2.21 bits per heavy atom. The van der Waals surface area contributed by atoms with E-state index in [4.69, 9.17) is 4.74 Å². The van der Waals surface area contributed by atoms with E-state index in [1.54, 1.807) is 11.3 Å². The number of hydrogen-bond donors (Lipinski definition) is 3. The minimum Gasteiger partial charge on any atom is -0.377 e. The Morgan fingerprint density at radius 1 is 1.39 bits per heavy atom. The molecule has 1 aliphatic heterocycles. The van der Waals surface area contributed by atoms with Crippen LogP contribution in [0.5, 0.6) is 0 Å². The van der Waals surface area contributed by atoms with Gasteiger partial charge in [0.05, 0.1) is 24.1 Å². The van der Waals surface area contributed by atoms with Crippen LogP contribution in [0.4, 0.5) is 0 Å². The van der Waals surface area contributed by atoms with Gasteiger partial charge in [0.2, 0.25) is 10.0 Å². The largest absolute Gasteiger partial charge is 0.377 e. The van der Waals surface area contributed by atoms with Crippen molar-refractivity contribution >= 4 is 27.3 Å². The molecule has 0 aromatic carbocycles. The van der Waals surface area contributed by atoms with E-state index in [0.717, 1.165) is 30.0 Å². The van der Waals surface area contributed by atoms with Crippen molar-refractivity contribution in [1.82, 2.24) is 20.3 Å². The first-order valence-electron chi connectivity index (χ1n) is 9.95. The summed E-state index contributed by atoms with van der Waals surface area (Å²) >= 11 is 1.59. The van der Waals surface area contributed by atoms with Crippen LogP contribution in [-0.2, 0) is 21.3 Å². The predicted molar refractivity (Wildman–Crippen MR) is 114 cm³/mol. The van der Waals surface area contributed by atoms with Gasteiger partial charge in [-0.05, 0) is 32.1 Å². The van der Waals surface area contributed by atoms with Crippen LogP contribution in [0.2, 0.25) is 0 Å². The van der Waals surface area contributed by atoms with Gasteiger partial charge in [-0.15, -0.1) is 11.3 Å². The molecule has 0 amide bonds. The van der Waals surface area contributed by atoms with Gasteiger partial charge >= 0.3 is 0 Å². The summed E-state index contributed by atoms with van der Waals surface area (Å²) in [6, 6.07) is 0. The summed E-state index contributed by atoms with van der Waals surface area (Å²) in [7, 11) is -3.35. The smallest absolute Gasteiger partial charge is 0.213 e. The standard InChI is InChI=1S/C18H33N5O3S2/c1-4-19-18(21-12-17-23-16(13-27-17)14(2)3)20-8-10-28(24,25)22-11-15-7-5-6-9-26-15/h13-15,22H,4-12H2,1-3H3,(H2,19,20,21). The van der Waals surface area contributed by atoms with Crippen molar-refractivity contribution in [3.63, 3.8) is 0 Å². The average Bonchev–Trinajstić information content (AvgIpc) is 3.15. The van der Waals surface area contributed by atoms with Crippen LogP contribution in [-0.4, -0.2) is 57.5 Å². The zero-order valence-electron chi connectivity index (χ0n) is 17.0. The summed E-state index contributed by atoms with van der Waals surface area (Å²) in [5, 5.41) is 9.22. The molecule has 10 heteroatoms.